The van der Waals surface area contributed by atoms with E-state index >= 15 is 0 Å². The van der Waals surface area contributed by atoms with Crippen molar-refractivity contribution in [2.24, 2.45) is 11.7 Å². The normalized spacial score (nSPS) is 10.9. The Bertz CT molecular complexity index is 438. The summed E-state index contributed by atoms with van der Waals surface area (Å²) < 4.78 is 11.1. The Morgan fingerprint density at radius 3 is 2.48 bits per heavy atom. The molecule has 0 fully saturated rings. The summed E-state index contributed by atoms with van der Waals surface area (Å²) in [6.07, 6.45) is 0.747. The number of nitrogens with two attached hydrogens (primary N) is 1. The van der Waals surface area contributed by atoms with Gasteiger partial charge in [-0.05, 0) is 18.1 Å². The summed E-state index contributed by atoms with van der Waals surface area (Å²) >= 11 is 4.95. The van der Waals surface area contributed by atoms with Crippen molar-refractivity contribution in [3.05, 3.63) is 24.3 Å². The molecule has 0 aliphatic rings. The lowest BCUT2D eigenvalue weighted by Gasteiger charge is -2.24. The average molecular weight is 310 g/mol. The highest BCUT2D eigenvalue weighted by molar-refractivity contribution is 7.80. The third kappa shape index (κ3) is 7.29. The fraction of sp³-hybridized carbons (Fsp3) is 0.562. The van der Waals surface area contributed by atoms with Crippen LogP contribution in [0.25, 0.3) is 0 Å². The van der Waals surface area contributed by atoms with Gasteiger partial charge in [-0.1, -0.05) is 38.2 Å². The summed E-state index contributed by atoms with van der Waals surface area (Å²) in [5.41, 5.74) is 5.59. The second kappa shape index (κ2) is 9.58. The molecule has 0 heterocycles. The molecule has 21 heavy (non-hydrogen) atoms. The van der Waals surface area contributed by atoms with Gasteiger partial charge in [0.2, 0.25) is 0 Å². The molecule has 0 saturated carbocycles. The van der Waals surface area contributed by atoms with E-state index in [0.717, 1.165) is 37.6 Å². The molecule has 0 aromatic heterocycles. The first kappa shape index (κ1) is 17.7. The van der Waals surface area contributed by atoms with Crippen LogP contribution in [0.4, 0.5) is 0 Å². The first-order valence-corrected chi connectivity index (χ1v) is 7.70. The van der Waals surface area contributed by atoms with Crippen molar-refractivity contribution < 1.29 is 9.47 Å². The molecule has 0 bridgehead atoms. The van der Waals surface area contributed by atoms with Crippen molar-refractivity contribution in [3.63, 3.8) is 0 Å². The molecule has 0 aliphatic carbocycles. The zero-order valence-electron chi connectivity index (χ0n) is 13.2. The monoisotopic (exact) mass is 310 g/mol. The highest BCUT2D eigenvalue weighted by Crippen LogP contribution is 2.25. The fourth-order valence-electron chi connectivity index (χ4n) is 2.10. The van der Waals surface area contributed by atoms with Gasteiger partial charge in [0.15, 0.2) is 11.5 Å². The lowest BCUT2D eigenvalue weighted by molar-refractivity contribution is 0.193. The third-order valence-electron chi connectivity index (χ3n) is 3.03. The van der Waals surface area contributed by atoms with Gasteiger partial charge in [0.05, 0.1) is 12.1 Å². The molecule has 4 nitrogen and oxygen atoms in total. The lowest BCUT2D eigenvalue weighted by Crippen LogP contribution is -2.34. The van der Waals surface area contributed by atoms with E-state index < -0.39 is 0 Å². The van der Waals surface area contributed by atoms with Gasteiger partial charge in [0, 0.05) is 26.1 Å². The van der Waals surface area contributed by atoms with Gasteiger partial charge >= 0.3 is 0 Å². The Balaban J connectivity index is 2.46. The van der Waals surface area contributed by atoms with Crippen LogP contribution >= 0.6 is 12.2 Å². The van der Waals surface area contributed by atoms with E-state index in [1.807, 2.05) is 24.3 Å². The van der Waals surface area contributed by atoms with E-state index in [0.29, 0.717) is 17.5 Å². The molecule has 0 unspecified atom stereocenters. The van der Waals surface area contributed by atoms with Crippen LogP contribution in [0.2, 0.25) is 0 Å². The highest BCUT2D eigenvalue weighted by Gasteiger charge is 2.09. The van der Waals surface area contributed by atoms with Gasteiger partial charge in [0.25, 0.3) is 0 Å². The molecule has 2 N–H and O–H groups in total. The van der Waals surface area contributed by atoms with Crippen LogP contribution in [0, 0.1) is 5.92 Å². The van der Waals surface area contributed by atoms with E-state index in [4.69, 9.17) is 27.4 Å². The van der Waals surface area contributed by atoms with Crippen LogP contribution in [0.5, 0.6) is 11.5 Å². The Morgan fingerprint density at radius 1 is 1.24 bits per heavy atom. The number of nitrogens with zero attached hydrogens (tertiary/aromatic N) is 1. The minimum Gasteiger partial charge on any atom is -0.493 e. The first-order valence-electron chi connectivity index (χ1n) is 7.29. The van der Waals surface area contributed by atoms with Gasteiger partial charge < -0.3 is 15.2 Å². The number of methoxy groups -OCH3 is 1. The molecule has 118 valence electrons. The largest absolute Gasteiger partial charge is 0.493 e. The van der Waals surface area contributed by atoms with Gasteiger partial charge in [0.1, 0.15) is 6.61 Å². The van der Waals surface area contributed by atoms with Gasteiger partial charge in [-0.15, -0.1) is 0 Å². The van der Waals surface area contributed by atoms with Gasteiger partial charge in [-0.3, -0.25) is 4.90 Å². The summed E-state index contributed by atoms with van der Waals surface area (Å²) in [6, 6.07) is 7.68. The van der Waals surface area contributed by atoms with Crippen molar-refractivity contribution in [2.75, 3.05) is 33.4 Å². The van der Waals surface area contributed by atoms with Crippen LogP contribution < -0.4 is 15.2 Å². The molecule has 1 rings (SSSR count). The van der Waals surface area contributed by atoms with Crippen LogP contribution in [-0.2, 0) is 0 Å². The Kier molecular flexibility index (Phi) is 8.08. The maximum Gasteiger partial charge on any atom is 0.161 e. The maximum absolute atomic E-state index is 5.82. The predicted molar refractivity (Wildman–Crippen MR) is 91.2 cm³/mol. The second-order valence-corrected chi connectivity index (χ2v) is 5.93. The molecule has 1 aromatic carbocycles. The second-order valence-electron chi connectivity index (χ2n) is 5.41. The van der Waals surface area contributed by atoms with Crippen molar-refractivity contribution in [2.45, 2.75) is 20.3 Å². The van der Waals surface area contributed by atoms with E-state index in [1.165, 1.54) is 0 Å². The smallest absolute Gasteiger partial charge is 0.161 e. The minimum absolute atomic E-state index is 0.564. The number of hydrogen-bond donors (Lipinski definition) is 1. The van der Waals surface area contributed by atoms with Crippen molar-refractivity contribution in [1.29, 1.82) is 0 Å². The summed E-state index contributed by atoms with van der Waals surface area (Å²) in [4.78, 5) is 2.90. The average Bonchev–Trinajstić information content (AvgIpc) is 2.44. The quantitative estimate of drug-likeness (QED) is 0.673. The zero-order valence-corrected chi connectivity index (χ0v) is 14.0. The molecule has 0 atom stereocenters. The van der Waals surface area contributed by atoms with Crippen LogP contribution in [0.3, 0.4) is 0 Å². The molecule has 0 radical (unpaired) electrons. The zero-order chi connectivity index (χ0) is 15.7. The molecule has 0 spiro atoms. The summed E-state index contributed by atoms with van der Waals surface area (Å²) in [5.74, 6) is 2.14. The summed E-state index contributed by atoms with van der Waals surface area (Å²) in [5, 5.41) is 0. The molecular formula is C16H26N2O2S. The number of para-hydroxylation sites is 2. The van der Waals surface area contributed by atoms with E-state index in [1.54, 1.807) is 7.11 Å². The Hall–Kier alpha value is -1.33. The van der Waals surface area contributed by atoms with Crippen molar-refractivity contribution in [3.8, 4) is 11.5 Å². The molecule has 0 saturated heterocycles. The van der Waals surface area contributed by atoms with Gasteiger partial charge in [-0.25, -0.2) is 0 Å². The Morgan fingerprint density at radius 2 is 1.90 bits per heavy atom. The van der Waals surface area contributed by atoms with Crippen molar-refractivity contribution >= 4 is 17.2 Å². The minimum atomic E-state index is 0.564. The maximum atomic E-state index is 5.82. The standard InChI is InChI=1S/C16H26N2O2S/c1-13(2)12-18(9-8-16(17)21)10-11-20-15-7-5-4-6-14(15)19-3/h4-7,13H,8-12H2,1-3H3,(H2,17,21). The molecule has 5 heteroatoms. The van der Waals surface area contributed by atoms with Gasteiger partial charge in [-0.2, -0.15) is 0 Å². The number of rotatable bonds is 10. The Labute approximate surface area is 133 Å². The van der Waals surface area contributed by atoms with E-state index in [-0.39, 0.29) is 0 Å². The first-order chi connectivity index (χ1) is 10.0. The lowest BCUT2D eigenvalue weighted by atomic mass is 10.2. The number of hydrogen-bond acceptors (Lipinski definition) is 4. The van der Waals surface area contributed by atoms with E-state index in [9.17, 15) is 0 Å². The fourth-order valence-corrected chi connectivity index (χ4v) is 2.19. The van der Waals surface area contributed by atoms with Crippen LogP contribution in [0.15, 0.2) is 24.3 Å². The number of benzene rings is 1. The van der Waals surface area contributed by atoms with Crippen LogP contribution in [-0.4, -0.2) is 43.2 Å². The number of ether oxygens (including phenoxy) is 2. The topological polar surface area (TPSA) is 47.7 Å². The molecule has 0 amide bonds. The third-order valence-corrected chi connectivity index (χ3v) is 3.24. The highest BCUT2D eigenvalue weighted by atomic mass is 32.1. The van der Waals surface area contributed by atoms with E-state index in [2.05, 4.69) is 18.7 Å². The summed E-state index contributed by atoms with van der Waals surface area (Å²) in [6.45, 7) is 7.76. The number of thiocarbonyl (C=S) groups is 1. The van der Waals surface area contributed by atoms with Crippen molar-refractivity contribution in [1.82, 2.24) is 4.90 Å². The van der Waals surface area contributed by atoms with Crippen LogP contribution in [0.1, 0.15) is 20.3 Å². The predicted octanol–water partition coefficient (Wildman–Crippen LogP) is 2.71. The molecule has 1 aromatic rings. The SMILES string of the molecule is COc1ccccc1OCCN(CCC(N)=S)CC(C)C. The summed E-state index contributed by atoms with van der Waals surface area (Å²) in [7, 11) is 1.65. The molecular weight excluding hydrogens is 284 g/mol. The molecule has 0 aliphatic heterocycles.